The molecule has 0 saturated carbocycles. The second kappa shape index (κ2) is 6.80. The molecule has 2 aromatic carbocycles. The van der Waals surface area contributed by atoms with E-state index in [9.17, 15) is 0 Å². The molecule has 0 saturated heterocycles. The van der Waals surface area contributed by atoms with Crippen LogP contribution in [0.1, 0.15) is 25.0 Å². The first kappa shape index (κ1) is 19.1. The lowest BCUT2D eigenvalue weighted by Crippen LogP contribution is -2.56. The zero-order chi connectivity index (χ0) is 18.5. The minimum atomic E-state index is -0.106. The molecule has 0 aliphatic heterocycles. The Kier molecular flexibility index (Phi) is 5.20. The number of likely N-dealkylation sites (N-methyl/N-ethyl adjacent to an activating group) is 2. The molecule has 25 heavy (non-hydrogen) atoms. The van der Waals surface area contributed by atoms with Gasteiger partial charge >= 0.3 is 0 Å². The normalized spacial score (nSPS) is 17.5. The van der Waals surface area contributed by atoms with Gasteiger partial charge in [-0.05, 0) is 88.6 Å². The Hall–Kier alpha value is -0.680. The predicted molar refractivity (Wildman–Crippen MR) is 114 cm³/mol. The maximum Gasteiger partial charge on any atom is 0.0520 e. The quantitative estimate of drug-likeness (QED) is 0.598. The van der Waals surface area contributed by atoms with Gasteiger partial charge in [-0.2, -0.15) is 0 Å². The van der Waals surface area contributed by atoms with Crippen LogP contribution in [0.25, 0.3) is 11.1 Å². The molecule has 0 N–H and O–H groups in total. The van der Waals surface area contributed by atoms with Gasteiger partial charge in [-0.3, -0.25) is 0 Å². The molecule has 4 heteroatoms. The fourth-order valence-corrected chi connectivity index (χ4v) is 5.12. The zero-order valence-electron chi connectivity index (χ0n) is 15.8. The van der Waals surface area contributed by atoms with E-state index < -0.39 is 0 Å². The highest BCUT2D eigenvalue weighted by atomic mass is 79.9. The number of fused-ring (bicyclic) bond motifs is 3. The summed E-state index contributed by atoms with van der Waals surface area (Å²) >= 11 is 7.42. The van der Waals surface area contributed by atoms with Gasteiger partial charge in [-0.25, -0.2) is 0 Å². The molecule has 0 amide bonds. The van der Waals surface area contributed by atoms with Crippen molar-refractivity contribution in [3.8, 4) is 11.1 Å². The molecule has 134 valence electrons. The van der Waals surface area contributed by atoms with E-state index in [0.717, 1.165) is 8.95 Å². The molecule has 0 fully saturated rings. The average Bonchev–Trinajstić information content (AvgIpc) is 2.82. The third-order valence-electron chi connectivity index (χ3n) is 6.01. The largest absolute Gasteiger partial charge is 0.305 e. The van der Waals surface area contributed by atoms with Crippen molar-refractivity contribution in [1.82, 2.24) is 9.80 Å². The molecule has 2 unspecified atom stereocenters. The molecule has 0 spiro atoms. The highest BCUT2D eigenvalue weighted by Gasteiger charge is 2.52. The van der Waals surface area contributed by atoms with Gasteiger partial charge in [0.1, 0.15) is 0 Å². The molecule has 3 rings (SSSR count). The summed E-state index contributed by atoms with van der Waals surface area (Å²) in [5, 5.41) is 0. The van der Waals surface area contributed by atoms with Crippen molar-refractivity contribution in [1.29, 1.82) is 0 Å². The van der Waals surface area contributed by atoms with Gasteiger partial charge in [0, 0.05) is 21.0 Å². The van der Waals surface area contributed by atoms with E-state index >= 15 is 0 Å². The van der Waals surface area contributed by atoms with Crippen LogP contribution in [0.4, 0.5) is 0 Å². The second-order valence-corrected chi connectivity index (χ2v) is 9.36. The molecule has 2 atom stereocenters. The first-order valence-electron chi connectivity index (χ1n) is 8.64. The topological polar surface area (TPSA) is 6.48 Å². The van der Waals surface area contributed by atoms with E-state index in [1.54, 1.807) is 0 Å². The maximum atomic E-state index is 3.71. The van der Waals surface area contributed by atoms with Gasteiger partial charge in [0.2, 0.25) is 0 Å². The lowest BCUT2D eigenvalue weighted by Gasteiger charge is -2.48. The van der Waals surface area contributed by atoms with Crippen LogP contribution in [0, 0.1) is 0 Å². The Balaban J connectivity index is 2.44. The van der Waals surface area contributed by atoms with Crippen LogP contribution >= 0.6 is 31.9 Å². The standard InChI is InChI=1S/C21H26Br2N2/c1-13(24(3)4)21(14(2)25(5)6)19-11-15(22)7-9-17(19)18-10-8-16(23)12-20(18)21/h7-14H,1-6H3. The van der Waals surface area contributed by atoms with Crippen molar-refractivity contribution < 1.29 is 0 Å². The van der Waals surface area contributed by atoms with Gasteiger partial charge in [0.15, 0.2) is 0 Å². The second-order valence-electron chi connectivity index (χ2n) is 7.53. The Labute approximate surface area is 168 Å². The van der Waals surface area contributed by atoms with Gasteiger partial charge in [-0.15, -0.1) is 0 Å². The van der Waals surface area contributed by atoms with Crippen molar-refractivity contribution in [2.75, 3.05) is 28.2 Å². The number of nitrogens with zero attached hydrogens (tertiary/aromatic N) is 2. The fourth-order valence-electron chi connectivity index (χ4n) is 4.40. The Morgan fingerprint density at radius 3 is 1.40 bits per heavy atom. The summed E-state index contributed by atoms with van der Waals surface area (Å²) in [6, 6.07) is 14.2. The Bertz CT molecular complexity index is 731. The number of rotatable bonds is 4. The van der Waals surface area contributed by atoms with E-state index in [0.29, 0.717) is 12.1 Å². The fraction of sp³-hybridized carbons (Fsp3) is 0.429. The van der Waals surface area contributed by atoms with Crippen LogP contribution in [0.3, 0.4) is 0 Å². The molecule has 2 aromatic rings. The van der Waals surface area contributed by atoms with Gasteiger partial charge in [0.05, 0.1) is 5.41 Å². The van der Waals surface area contributed by atoms with Crippen LogP contribution in [-0.2, 0) is 5.41 Å². The van der Waals surface area contributed by atoms with E-state index in [2.05, 4.69) is 120 Å². The van der Waals surface area contributed by atoms with Crippen LogP contribution in [0.15, 0.2) is 45.3 Å². The number of hydrogen-bond donors (Lipinski definition) is 0. The molecule has 2 nitrogen and oxygen atoms in total. The average molecular weight is 466 g/mol. The molecule has 1 aliphatic carbocycles. The van der Waals surface area contributed by atoms with Gasteiger partial charge < -0.3 is 9.80 Å². The highest BCUT2D eigenvalue weighted by Crippen LogP contribution is 2.55. The molecule has 0 bridgehead atoms. The monoisotopic (exact) mass is 464 g/mol. The first-order valence-corrected chi connectivity index (χ1v) is 10.2. The predicted octanol–water partition coefficient (Wildman–Crippen LogP) is 5.38. The van der Waals surface area contributed by atoms with Crippen molar-refractivity contribution in [3.05, 3.63) is 56.5 Å². The van der Waals surface area contributed by atoms with Gasteiger partial charge in [-0.1, -0.05) is 44.0 Å². The van der Waals surface area contributed by atoms with Crippen molar-refractivity contribution in [2.24, 2.45) is 0 Å². The summed E-state index contributed by atoms with van der Waals surface area (Å²) in [6.45, 7) is 4.70. The Morgan fingerprint density at radius 1 is 0.720 bits per heavy atom. The molecular formula is C21H26Br2N2. The SMILES string of the molecule is CC(N(C)C)C1(C(C)N(C)C)c2cc(Br)ccc2-c2ccc(Br)cc21. The zero-order valence-corrected chi connectivity index (χ0v) is 18.9. The minimum Gasteiger partial charge on any atom is -0.305 e. The van der Waals surface area contributed by atoms with Crippen molar-refractivity contribution in [3.63, 3.8) is 0 Å². The summed E-state index contributed by atoms with van der Waals surface area (Å²) in [5.74, 6) is 0. The minimum absolute atomic E-state index is 0.106. The summed E-state index contributed by atoms with van der Waals surface area (Å²) in [7, 11) is 8.73. The molecular weight excluding hydrogens is 440 g/mol. The lowest BCUT2D eigenvalue weighted by molar-refractivity contribution is 0.131. The van der Waals surface area contributed by atoms with Crippen molar-refractivity contribution in [2.45, 2.75) is 31.3 Å². The summed E-state index contributed by atoms with van der Waals surface area (Å²) < 4.78 is 2.28. The van der Waals surface area contributed by atoms with E-state index in [1.165, 1.54) is 22.3 Å². The van der Waals surface area contributed by atoms with Crippen LogP contribution < -0.4 is 0 Å². The van der Waals surface area contributed by atoms with Crippen LogP contribution in [-0.4, -0.2) is 50.1 Å². The summed E-state index contributed by atoms with van der Waals surface area (Å²) in [6.07, 6.45) is 0. The molecule has 0 aromatic heterocycles. The summed E-state index contributed by atoms with van der Waals surface area (Å²) in [5.41, 5.74) is 5.43. The smallest absolute Gasteiger partial charge is 0.0520 e. The van der Waals surface area contributed by atoms with Crippen LogP contribution in [0.5, 0.6) is 0 Å². The third kappa shape index (κ3) is 2.82. The third-order valence-corrected chi connectivity index (χ3v) is 7.00. The molecule has 1 aliphatic rings. The van der Waals surface area contributed by atoms with Crippen LogP contribution in [0.2, 0.25) is 0 Å². The number of hydrogen-bond acceptors (Lipinski definition) is 2. The number of halogens is 2. The van der Waals surface area contributed by atoms with E-state index in [4.69, 9.17) is 0 Å². The summed E-state index contributed by atoms with van der Waals surface area (Å²) in [4.78, 5) is 4.70. The molecule has 0 radical (unpaired) electrons. The van der Waals surface area contributed by atoms with E-state index in [-0.39, 0.29) is 5.41 Å². The highest BCUT2D eigenvalue weighted by molar-refractivity contribution is 9.10. The van der Waals surface area contributed by atoms with Crippen molar-refractivity contribution >= 4 is 31.9 Å². The van der Waals surface area contributed by atoms with Gasteiger partial charge in [0.25, 0.3) is 0 Å². The Morgan fingerprint density at radius 2 is 1.08 bits per heavy atom. The van der Waals surface area contributed by atoms with E-state index in [1.807, 2.05) is 0 Å². The lowest BCUT2D eigenvalue weighted by atomic mass is 9.67. The first-order chi connectivity index (χ1) is 11.7. The number of benzene rings is 2. The maximum absolute atomic E-state index is 3.71. The molecule has 0 heterocycles.